The standard InChI is InChI=1S/C12H15NO3S/c1-15-9-4-5-10(11(8-9)16-2)13-12(14)6-7-17-3/h4-8H,1-3H3,(H,13,14)/b7-6+. The van der Waals surface area contributed by atoms with Crippen LogP contribution in [-0.2, 0) is 4.79 Å². The summed E-state index contributed by atoms with van der Waals surface area (Å²) in [5, 5.41) is 4.44. The maximum Gasteiger partial charge on any atom is 0.248 e. The van der Waals surface area contributed by atoms with Gasteiger partial charge in [0.15, 0.2) is 0 Å². The van der Waals surface area contributed by atoms with Gasteiger partial charge >= 0.3 is 0 Å². The van der Waals surface area contributed by atoms with Crippen LogP contribution in [0.3, 0.4) is 0 Å². The number of ether oxygens (including phenoxy) is 2. The number of benzene rings is 1. The van der Waals surface area contributed by atoms with Crippen molar-refractivity contribution >= 4 is 23.4 Å². The molecule has 0 atom stereocenters. The van der Waals surface area contributed by atoms with Crippen LogP contribution in [0.1, 0.15) is 0 Å². The molecule has 1 aromatic carbocycles. The number of amides is 1. The summed E-state index contributed by atoms with van der Waals surface area (Å²) in [5.74, 6) is 1.05. The van der Waals surface area contributed by atoms with Gasteiger partial charge in [0.1, 0.15) is 11.5 Å². The smallest absolute Gasteiger partial charge is 0.248 e. The second-order valence-electron chi connectivity index (χ2n) is 3.09. The first-order chi connectivity index (χ1) is 8.21. The molecule has 0 aromatic heterocycles. The second kappa shape index (κ2) is 6.85. The van der Waals surface area contributed by atoms with Crippen LogP contribution in [-0.4, -0.2) is 26.4 Å². The molecule has 0 aliphatic heterocycles. The van der Waals surface area contributed by atoms with E-state index >= 15 is 0 Å². The Morgan fingerprint density at radius 3 is 2.71 bits per heavy atom. The van der Waals surface area contributed by atoms with Gasteiger partial charge in [-0.1, -0.05) is 0 Å². The van der Waals surface area contributed by atoms with Crippen molar-refractivity contribution in [3.8, 4) is 11.5 Å². The highest BCUT2D eigenvalue weighted by Gasteiger charge is 2.06. The summed E-state index contributed by atoms with van der Waals surface area (Å²) in [7, 11) is 3.12. The average Bonchev–Trinajstić information content (AvgIpc) is 2.36. The molecule has 0 aliphatic carbocycles. The molecule has 0 heterocycles. The van der Waals surface area contributed by atoms with E-state index in [4.69, 9.17) is 9.47 Å². The van der Waals surface area contributed by atoms with Crippen LogP contribution in [0, 0.1) is 0 Å². The molecule has 0 saturated carbocycles. The monoisotopic (exact) mass is 253 g/mol. The Kier molecular flexibility index (Phi) is 5.42. The molecule has 1 aromatic rings. The molecule has 0 bridgehead atoms. The number of hydrogen-bond acceptors (Lipinski definition) is 4. The molecular formula is C12H15NO3S. The first-order valence-corrected chi connectivity index (χ1v) is 6.22. The van der Waals surface area contributed by atoms with Crippen molar-refractivity contribution in [3.05, 3.63) is 29.7 Å². The quantitative estimate of drug-likeness (QED) is 0.819. The van der Waals surface area contributed by atoms with Crippen LogP contribution in [0.25, 0.3) is 0 Å². The molecule has 5 heteroatoms. The lowest BCUT2D eigenvalue weighted by atomic mass is 10.2. The molecule has 4 nitrogen and oxygen atoms in total. The third kappa shape index (κ3) is 4.03. The molecule has 92 valence electrons. The Bertz CT molecular complexity index is 418. The van der Waals surface area contributed by atoms with Crippen molar-refractivity contribution in [2.45, 2.75) is 0 Å². The first kappa shape index (κ1) is 13.4. The van der Waals surface area contributed by atoms with Crippen LogP contribution < -0.4 is 14.8 Å². The molecule has 0 fully saturated rings. The summed E-state index contributed by atoms with van der Waals surface area (Å²) in [6.45, 7) is 0. The van der Waals surface area contributed by atoms with E-state index in [0.29, 0.717) is 17.2 Å². The average molecular weight is 253 g/mol. The molecule has 0 radical (unpaired) electrons. The molecule has 0 spiro atoms. The lowest BCUT2D eigenvalue weighted by molar-refractivity contribution is -0.111. The number of carbonyl (C=O) groups is 1. The molecule has 0 unspecified atom stereocenters. The van der Waals surface area contributed by atoms with Gasteiger partial charge in [0, 0.05) is 12.1 Å². The molecular weight excluding hydrogens is 238 g/mol. The molecule has 0 saturated heterocycles. The maximum absolute atomic E-state index is 11.5. The topological polar surface area (TPSA) is 47.6 Å². The molecule has 0 aliphatic rings. The molecule has 1 rings (SSSR count). The predicted molar refractivity (Wildman–Crippen MR) is 70.8 cm³/mol. The predicted octanol–water partition coefficient (Wildman–Crippen LogP) is 2.52. The Morgan fingerprint density at radius 1 is 1.35 bits per heavy atom. The maximum atomic E-state index is 11.5. The fraction of sp³-hybridized carbons (Fsp3) is 0.250. The fourth-order valence-corrected chi connectivity index (χ4v) is 1.47. The van der Waals surface area contributed by atoms with Crippen molar-refractivity contribution in [2.24, 2.45) is 0 Å². The summed E-state index contributed by atoms with van der Waals surface area (Å²) in [6.07, 6.45) is 3.35. The number of nitrogens with one attached hydrogen (secondary N) is 1. The number of rotatable bonds is 5. The van der Waals surface area contributed by atoms with E-state index in [0.717, 1.165) is 0 Å². The van der Waals surface area contributed by atoms with Gasteiger partial charge in [-0.2, -0.15) is 0 Å². The highest BCUT2D eigenvalue weighted by atomic mass is 32.2. The first-order valence-electron chi connectivity index (χ1n) is 4.93. The number of methoxy groups -OCH3 is 2. The summed E-state index contributed by atoms with van der Waals surface area (Å²) in [6, 6.07) is 5.22. The minimum atomic E-state index is -0.192. The third-order valence-electron chi connectivity index (χ3n) is 2.02. The van der Waals surface area contributed by atoms with Gasteiger partial charge in [-0.3, -0.25) is 4.79 Å². The lowest BCUT2D eigenvalue weighted by Gasteiger charge is -2.10. The Labute approximate surface area is 105 Å². The van der Waals surface area contributed by atoms with Gasteiger partial charge in [-0.15, -0.1) is 11.8 Å². The zero-order valence-corrected chi connectivity index (χ0v) is 10.8. The fourth-order valence-electron chi connectivity index (χ4n) is 1.21. The Balaban J connectivity index is 2.83. The van der Waals surface area contributed by atoms with Gasteiger partial charge in [0.25, 0.3) is 0 Å². The summed E-state index contributed by atoms with van der Waals surface area (Å²) in [5.41, 5.74) is 0.615. The summed E-state index contributed by atoms with van der Waals surface area (Å²) in [4.78, 5) is 11.5. The van der Waals surface area contributed by atoms with Crippen molar-refractivity contribution in [2.75, 3.05) is 25.8 Å². The van der Waals surface area contributed by atoms with Crippen molar-refractivity contribution in [3.63, 3.8) is 0 Å². The van der Waals surface area contributed by atoms with Gasteiger partial charge in [0.2, 0.25) is 5.91 Å². The minimum Gasteiger partial charge on any atom is -0.497 e. The van der Waals surface area contributed by atoms with Crippen LogP contribution in [0.15, 0.2) is 29.7 Å². The molecule has 17 heavy (non-hydrogen) atoms. The van der Waals surface area contributed by atoms with E-state index in [9.17, 15) is 4.79 Å². The van der Waals surface area contributed by atoms with Gasteiger partial charge in [-0.25, -0.2) is 0 Å². The largest absolute Gasteiger partial charge is 0.497 e. The summed E-state index contributed by atoms with van der Waals surface area (Å²) < 4.78 is 10.2. The van der Waals surface area contributed by atoms with E-state index in [-0.39, 0.29) is 5.91 Å². The number of hydrogen-bond donors (Lipinski definition) is 1. The van der Waals surface area contributed by atoms with E-state index in [2.05, 4.69) is 5.32 Å². The van der Waals surface area contributed by atoms with Crippen molar-refractivity contribution < 1.29 is 14.3 Å². The van der Waals surface area contributed by atoms with Crippen LogP contribution >= 0.6 is 11.8 Å². The minimum absolute atomic E-state index is 0.192. The van der Waals surface area contributed by atoms with E-state index in [1.807, 2.05) is 6.26 Å². The SMILES string of the molecule is COc1ccc(NC(=O)/C=C/SC)c(OC)c1. The Morgan fingerprint density at radius 2 is 2.12 bits per heavy atom. The zero-order chi connectivity index (χ0) is 12.7. The van der Waals surface area contributed by atoms with E-state index < -0.39 is 0 Å². The Hall–Kier alpha value is -1.62. The van der Waals surface area contributed by atoms with Crippen molar-refractivity contribution in [1.29, 1.82) is 0 Å². The number of thioether (sulfide) groups is 1. The summed E-state index contributed by atoms with van der Waals surface area (Å²) >= 11 is 1.46. The highest BCUT2D eigenvalue weighted by molar-refractivity contribution is 8.01. The molecule has 1 amide bonds. The highest BCUT2D eigenvalue weighted by Crippen LogP contribution is 2.28. The van der Waals surface area contributed by atoms with Crippen LogP contribution in [0.2, 0.25) is 0 Å². The van der Waals surface area contributed by atoms with E-state index in [1.54, 1.807) is 37.8 Å². The number of anilines is 1. The normalized spacial score (nSPS) is 10.3. The second-order valence-corrected chi connectivity index (χ2v) is 3.84. The van der Waals surface area contributed by atoms with Crippen LogP contribution in [0.5, 0.6) is 11.5 Å². The zero-order valence-electron chi connectivity index (χ0n) is 10.0. The van der Waals surface area contributed by atoms with E-state index in [1.165, 1.54) is 17.8 Å². The van der Waals surface area contributed by atoms with Gasteiger partial charge < -0.3 is 14.8 Å². The third-order valence-corrected chi connectivity index (χ3v) is 2.43. The number of carbonyl (C=O) groups excluding carboxylic acids is 1. The van der Waals surface area contributed by atoms with Crippen LogP contribution in [0.4, 0.5) is 5.69 Å². The van der Waals surface area contributed by atoms with Gasteiger partial charge in [0.05, 0.1) is 19.9 Å². The van der Waals surface area contributed by atoms with Crippen molar-refractivity contribution in [1.82, 2.24) is 0 Å². The lowest BCUT2D eigenvalue weighted by Crippen LogP contribution is -2.08. The molecule has 1 N–H and O–H groups in total. The van der Waals surface area contributed by atoms with Gasteiger partial charge in [-0.05, 0) is 23.8 Å².